The van der Waals surface area contributed by atoms with E-state index in [0.717, 1.165) is 42.4 Å². The summed E-state index contributed by atoms with van der Waals surface area (Å²) in [6.07, 6.45) is 4.89. The third kappa shape index (κ3) is 4.48. The number of hydrogen-bond donors (Lipinski definition) is 0. The molecule has 0 spiro atoms. The Morgan fingerprint density at radius 2 is 1.66 bits per heavy atom. The number of rotatable bonds is 5. The van der Waals surface area contributed by atoms with Gasteiger partial charge in [-0.25, -0.2) is 14.4 Å². The minimum absolute atomic E-state index is 0.136. The number of carbonyl (C=O) groups is 1. The first-order valence-electron chi connectivity index (χ1n) is 12.2. The van der Waals surface area contributed by atoms with Crippen LogP contribution in [0.1, 0.15) is 43.5 Å². The molecule has 1 aromatic heterocycles. The molecular formula is C29H29FN4O. The molecule has 1 saturated heterocycles. The first-order chi connectivity index (χ1) is 17.0. The van der Waals surface area contributed by atoms with Crippen LogP contribution in [-0.2, 0) is 0 Å². The van der Waals surface area contributed by atoms with Crippen molar-refractivity contribution in [1.82, 2.24) is 9.97 Å². The van der Waals surface area contributed by atoms with E-state index in [1.165, 1.54) is 12.5 Å². The van der Waals surface area contributed by atoms with Crippen LogP contribution in [0.5, 0.6) is 0 Å². The van der Waals surface area contributed by atoms with Crippen LogP contribution in [0.25, 0.3) is 22.0 Å². The maximum absolute atomic E-state index is 15.0. The quantitative estimate of drug-likeness (QED) is 0.336. The number of nitrogens with zero attached hydrogens (tertiary/aromatic N) is 4. The normalized spacial score (nSPS) is 13.9. The summed E-state index contributed by atoms with van der Waals surface area (Å²) < 4.78 is 15.0. The molecule has 178 valence electrons. The fraction of sp³-hybridized carbons (Fsp3) is 0.276. The molecular weight excluding hydrogens is 439 g/mol. The molecule has 1 amide bonds. The highest BCUT2D eigenvalue weighted by Crippen LogP contribution is 2.33. The summed E-state index contributed by atoms with van der Waals surface area (Å²) in [5.41, 5.74) is 1.73. The van der Waals surface area contributed by atoms with E-state index in [2.05, 4.69) is 9.88 Å². The SMILES string of the molecule is CC(C)N(C(=O)c1cnc(N2CCCCC2)nc1-c1ccccc1F)c1cccc2ccccc12. The third-order valence-electron chi connectivity index (χ3n) is 6.54. The van der Waals surface area contributed by atoms with Crippen LogP contribution in [0.2, 0.25) is 0 Å². The second kappa shape index (κ2) is 9.82. The fourth-order valence-electron chi connectivity index (χ4n) is 4.80. The zero-order chi connectivity index (χ0) is 24.4. The van der Waals surface area contributed by atoms with E-state index in [-0.39, 0.29) is 17.5 Å². The number of halogens is 1. The van der Waals surface area contributed by atoms with Gasteiger partial charge in [-0.05, 0) is 56.7 Å². The molecule has 4 aromatic rings. The first kappa shape index (κ1) is 23.0. The zero-order valence-corrected chi connectivity index (χ0v) is 20.1. The third-order valence-corrected chi connectivity index (χ3v) is 6.54. The van der Waals surface area contributed by atoms with Gasteiger partial charge in [-0.2, -0.15) is 0 Å². The minimum atomic E-state index is -0.411. The van der Waals surface area contributed by atoms with E-state index >= 15 is 0 Å². The molecule has 2 heterocycles. The molecule has 5 rings (SSSR count). The van der Waals surface area contributed by atoms with Crippen LogP contribution in [0.3, 0.4) is 0 Å². The average Bonchev–Trinajstić information content (AvgIpc) is 2.89. The van der Waals surface area contributed by atoms with Gasteiger partial charge in [0.25, 0.3) is 5.91 Å². The van der Waals surface area contributed by atoms with Crippen molar-refractivity contribution >= 4 is 28.3 Å². The molecule has 0 aliphatic carbocycles. The lowest BCUT2D eigenvalue weighted by atomic mass is 10.0. The maximum Gasteiger partial charge on any atom is 0.262 e. The van der Waals surface area contributed by atoms with Gasteiger partial charge in [0.1, 0.15) is 5.82 Å². The largest absolute Gasteiger partial charge is 0.341 e. The Kier molecular flexibility index (Phi) is 6.45. The molecule has 5 nitrogen and oxygen atoms in total. The van der Waals surface area contributed by atoms with Crippen LogP contribution in [0.4, 0.5) is 16.0 Å². The van der Waals surface area contributed by atoms with Crippen molar-refractivity contribution in [2.75, 3.05) is 22.9 Å². The van der Waals surface area contributed by atoms with Gasteiger partial charge in [0.2, 0.25) is 5.95 Å². The molecule has 35 heavy (non-hydrogen) atoms. The number of amides is 1. The van der Waals surface area contributed by atoms with Gasteiger partial charge in [0, 0.05) is 36.3 Å². The molecule has 6 heteroatoms. The molecule has 0 atom stereocenters. The Morgan fingerprint density at radius 1 is 0.943 bits per heavy atom. The van der Waals surface area contributed by atoms with E-state index in [9.17, 15) is 9.18 Å². The molecule has 0 unspecified atom stereocenters. The lowest BCUT2D eigenvalue weighted by Gasteiger charge is -2.30. The molecule has 1 aliphatic heterocycles. The highest BCUT2D eigenvalue weighted by atomic mass is 19.1. The predicted molar refractivity (Wildman–Crippen MR) is 139 cm³/mol. The van der Waals surface area contributed by atoms with Crippen molar-refractivity contribution in [3.8, 4) is 11.3 Å². The number of piperidine rings is 1. The number of carbonyl (C=O) groups excluding carboxylic acids is 1. The molecule has 0 radical (unpaired) electrons. The summed E-state index contributed by atoms with van der Waals surface area (Å²) in [4.78, 5) is 27.4. The van der Waals surface area contributed by atoms with E-state index in [1.54, 1.807) is 29.3 Å². The molecule has 0 N–H and O–H groups in total. The smallest absolute Gasteiger partial charge is 0.262 e. The van der Waals surface area contributed by atoms with Crippen LogP contribution in [0.15, 0.2) is 72.9 Å². The number of fused-ring (bicyclic) bond motifs is 1. The molecule has 1 fully saturated rings. The lowest BCUT2D eigenvalue weighted by Crippen LogP contribution is -2.38. The Hall–Kier alpha value is -3.80. The van der Waals surface area contributed by atoms with Crippen LogP contribution in [-0.4, -0.2) is 35.0 Å². The van der Waals surface area contributed by atoms with Crippen LogP contribution in [0, 0.1) is 5.82 Å². The highest BCUT2D eigenvalue weighted by molar-refractivity contribution is 6.13. The van der Waals surface area contributed by atoms with Gasteiger partial charge in [0.15, 0.2) is 0 Å². The predicted octanol–water partition coefficient (Wildman–Crippen LogP) is 6.48. The standard InChI is InChI=1S/C29H29FN4O/c1-20(2)34(26-16-10-12-21-11-4-5-13-22(21)26)28(35)24-19-31-29(33-17-8-3-9-18-33)32-27(24)23-14-6-7-15-25(23)30/h4-7,10-16,19-20H,3,8-9,17-18H2,1-2H3. The summed E-state index contributed by atoms with van der Waals surface area (Å²) in [7, 11) is 0. The van der Waals surface area contributed by atoms with Gasteiger partial charge < -0.3 is 9.80 Å². The zero-order valence-electron chi connectivity index (χ0n) is 20.1. The van der Waals surface area contributed by atoms with E-state index in [1.807, 2.05) is 56.3 Å². The highest BCUT2D eigenvalue weighted by Gasteiger charge is 2.28. The van der Waals surface area contributed by atoms with Crippen molar-refractivity contribution in [2.45, 2.75) is 39.2 Å². The second-order valence-corrected chi connectivity index (χ2v) is 9.23. The Bertz CT molecular complexity index is 1360. The number of benzene rings is 3. The lowest BCUT2D eigenvalue weighted by molar-refractivity contribution is 0.0980. The van der Waals surface area contributed by atoms with Crippen molar-refractivity contribution in [3.63, 3.8) is 0 Å². The van der Waals surface area contributed by atoms with Crippen molar-refractivity contribution in [1.29, 1.82) is 0 Å². The molecule has 1 aliphatic rings. The van der Waals surface area contributed by atoms with Gasteiger partial charge in [-0.15, -0.1) is 0 Å². The van der Waals surface area contributed by atoms with Gasteiger partial charge in [-0.3, -0.25) is 4.79 Å². The Balaban J connectivity index is 1.65. The Morgan fingerprint density at radius 3 is 2.43 bits per heavy atom. The second-order valence-electron chi connectivity index (χ2n) is 9.23. The van der Waals surface area contributed by atoms with Crippen molar-refractivity contribution < 1.29 is 9.18 Å². The fourth-order valence-corrected chi connectivity index (χ4v) is 4.80. The summed E-state index contributed by atoms with van der Waals surface area (Å²) in [6, 6.07) is 20.3. The first-order valence-corrected chi connectivity index (χ1v) is 12.2. The monoisotopic (exact) mass is 468 g/mol. The van der Waals surface area contributed by atoms with Crippen LogP contribution >= 0.6 is 0 Å². The molecule has 0 saturated carbocycles. The van der Waals surface area contributed by atoms with Gasteiger partial charge in [0.05, 0.1) is 16.9 Å². The molecule has 3 aromatic carbocycles. The van der Waals surface area contributed by atoms with Crippen LogP contribution < -0.4 is 9.80 Å². The van der Waals surface area contributed by atoms with Gasteiger partial charge in [-0.1, -0.05) is 48.5 Å². The van der Waals surface area contributed by atoms with Crippen molar-refractivity contribution in [3.05, 3.63) is 84.3 Å². The van der Waals surface area contributed by atoms with E-state index in [0.29, 0.717) is 17.2 Å². The number of hydrogen-bond acceptors (Lipinski definition) is 4. The van der Waals surface area contributed by atoms with Gasteiger partial charge >= 0.3 is 0 Å². The topological polar surface area (TPSA) is 49.3 Å². The summed E-state index contributed by atoms with van der Waals surface area (Å²) in [5, 5.41) is 2.03. The summed E-state index contributed by atoms with van der Waals surface area (Å²) in [6.45, 7) is 5.67. The van der Waals surface area contributed by atoms with E-state index < -0.39 is 5.82 Å². The number of anilines is 2. The maximum atomic E-state index is 15.0. The summed E-state index contributed by atoms with van der Waals surface area (Å²) in [5.74, 6) is -0.119. The summed E-state index contributed by atoms with van der Waals surface area (Å²) >= 11 is 0. The average molecular weight is 469 g/mol. The Labute approximate surface area is 205 Å². The van der Waals surface area contributed by atoms with E-state index in [4.69, 9.17) is 4.98 Å². The number of aromatic nitrogens is 2. The molecule has 0 bridgehead atoms. The minimum Gasteiger partial charge on any atom is -0.341 e. The van der Waals surface area contributed by atoms with Crippen molar-refractivity contribution in [2.24, 2.45) is 0 Å².